The van der Waals surface area contributed by atoms with E-state index in [1.165, 1.54) is 9.96 Å². The first kappa shape index (κ1) is 15.6. The average molecular weight is 342 g/mol. The quantitative estimate of drug-likeness (QED) is 0.897. The van der Waals surface area contributed by atoms with Crippen molar-refractivity contribution in [2.75, 3.05) is 6.54 Å². The number of rotatable bonds is 5. The second-order valence-electron chi connectivity index (χ2n) is 6.10. The van der Waals surface area contributed by atoms with Gasteiger partial charge in [0.25, 0.3) is 0 Å². The molecule has 2 atom stereocenters. The summed E-state index contributed by atoms with van der Waals surface area (Å²) in [4.78, 5) is 31.5. The van der Waals surface area contributed by atoms with Crippen molar-refractivity contribution in [2.45, 2.75) is 32.2 Å². The fourth-order valence-electron chi connectivity index (χ4n) is 3.38. The minimum Gasteiger partial charge on any atom is -0.479 e. The van der Waals surface area contributed by atoms with E-state index >= 15 is 0 Å². The molecule has 8 heteroatoms. The Morgan fingerprint density at radius 3 is 2.80 bits per heavy atom. The van der Waals surface area contributed by atoms with E-state index in [2.05, 4.69) is 5.10 Å². The first-order valence-corrected chi connectivity index (χ1v) is 8.17. The third kappa shape index (κ3) is 2.45. The van der Waals surface area contributed by atoms with Gasteiger partial charge in [-0.05, 0) is 12.5 Å². The molecule has 130 valence electrons. The maximum Gasteiger partial charge on any atom is 0.345 e. The largest absolute Gasteiger partial charge is 0.479 e. The lowest BCUT2D eigenvalue weighted by Gasteiger charge is -2.26. The lowest BCUT2D eigenvalue weighted by Crippen LogP contribution is -2.38. The number of carboxylic acid groups (broad SMARTS) is 1. The topological polar surface area (TPSA) is 87.9 Å². The van der Waals surface area contributed by atoms with Gasteiger partial charge < -0.3 is 10.0 Å². The smallest absolute Gasteiger partial charge is 0.345 e. The monoisotopic (exact) mass is 342 g/mol. The fraction of sp³-hybridized carbons (Fsp3) is 0.353. The van der Waals surface area contributed by atoms with Crippen molar-refractivity contribution in [3.63, 3.8) is 0 Å². The number of hydrogen-bond acceptors (Lipinski definition) is 4. The number of carboxylic acids is 1. The molecule has 2 unspecified atom stereocenters. The Kier molecular flexibility index (Phi) is 3.69. The second kappa shape index (κ2) is 5.89. The molecule has 1 fully saturated rings. The summed E-state index contributed by atoms with van der Waals surface area (Å²) < 4.78 is 1.70. The van der Waals surface area contributed by atoms with Gasteiger partial charge in [0.2, 0.25) is 0 Å². The standard InChI is InChI=1S/C17H18N4O4/c1-2-19-8-12-13-9-20(15(16(22)23)14(12)18-19)17(24)21(13)25-10-11-6-4-3-5-7-11/h3-8,13,15H,2,9-10H2,1H3,(H,22,23). The van der Waals surface area contributed by atoms with Crippen LogP contribution in [0.4, 0.5) is 4.79 Å². The number of aromatic nitrogens is 2. The van der Waals surface area contributed by atoms with E-state index in [1.807, 2.05) is 43.5 Å². The molecule has 0 spiro atoms. The van der Waals surface area contributed by atoms with Crippen molar-refractivity contribution in [3.05, 3.63) is 53.3 Å². The van der Waals surface area contributed by atoms with E-state index in [-0.39, 0.29) is 19.2 Å². The molecule has 2 amide bonds. The molecule has 1 aromatic carbocycles. The molecule has 4 rings (SSSR count). The number of amides is 2. The van der Waals surface area contributed by atoms with Crippen LogP contribution in [-0.4, -0.2) is 43.4 Å². The molecule has 1 saturated heterocycles. The van der Waals surface area contributed by atoms with Gasteiger partial charge in [-0.1, -0.05) is 30.3 Å². The number of hydroxylamine groups is 2. The molecule has 1 aromatic heterocycles. The van der Waals surface area contributed by atoms with Gasteiger partial charge in [-0.15, -0.1) is 0 Å². The number of benzene rings is 1. The Hall–Kier alpha value is -2.87. The van der Waals surface area contributed by atoms with E-state index in [1.54, 1.807) is 4.68 Å². The first-order chi connectivity index (χ1) is 12.1. The van der Waals surface area contributed by atoms with Gasteiger partial charge in [-0.3, -0.25) is 9.52 Å². The number of aryl methyl sites for hydroxylation is 1. The Morgan fingerprint density at radius 1 is 1.36 bits per heavy atom. The van der Waals surface area contributed by atoms with Crippen molar-refractivity contribution >= 4 is 12.0 Å². The highest BCUT2D eigenvalue weighted by Crippen LogP contribution is 2.43. The molecule has 1 N–H and O–H groups in total. The zero-order valence-corrected chi connectivity index (χ0v) is 13.7. The number of urea groups is 1. The van der Waals surface area contributed by atoms with E-state index in [4.69, 9.17) is 4.84 Å². The average Bonchev–Trinajstić information content (AvgIpc) is 3.16. The molecule has 8 nitrogen and oxygen atoms in total. The van der Waals surface area contributed by atoms with Crippen molar-refractivity contribution in [2.24, 2.45) is 0 Å². The second-order valence-corrected chi connectivity index (χ2v) is 6.10. The lowest BCUT2D eigenvalue weighted by atomic mass is 9.98. The highest BCUT2D eigenvalue weighted by atomic mass is 16.7. The van der Waals surface area contributed by atoms with Gasteiger partial charge in [0.1, 0.15) is 18.3 Å². The SMILES string of the molecule is CCn1cc2c(n1)C(C(=O)O)N1CC2N(OCc2ccccc2)C1=O. The number of hydrogen-bond donors (Lipinski definition) is 1. The predicted octanol–water partition coefficient (Wildman–Crippen LogP) is 1.95. The molecule has 0 radical (unpaired) electrons. The minimum absolute atomic E-state index is 0.242. The van der Waals surface area contributed by atoms with Crippen LogP contribution in [0.25, 0.3) is 0 Å². The van der Waals surface area contributed by atoms with Crippen LogP contribution in [0.5, 0.6) is 0 Å². The van der Waals surface area contributed by atoms with Gasteiger partial charge >= 0.3 is 12.0 Å². The highest BCUT2D eigenvalue weighted by molar-refractivity contribution is 5.86. The number of nitrogens with zero attached hydrogens (tertiary/aromatic N) is 4. The first-order valence-electron chi connectivity index (χ1n) is 8.17. The van der Waals surface area contributed by atoms with Crippen molar-refractivity contribution in [1.29, 1.82) is 0 Å². The predicted molar refractivity (Wildman–Crippen MR) is 86.2 cm³/mol. The zero-order valence-electron chi connectivity index (χ0n) is 13.7. The summed E-state index contributed by atoms with van der Waals surface area (Å²) in [6.45, 7) is 3.09. The van der Waals surface area contributed by atoms with E-state index in [0.717, 1.165) is 11.1 Å². The summed E-state index contributed by atoms with van der Waals surface area (Å²) in [6, 6.07) is 7.67. The fourth-order valence-corrected chi connectivity index (χ4v) is 3.38. The summed E-state index contributed by atoms with van der Waals surface area (Å²) in [5.41, 5.74) is 2.10. The molecule has 25 heavy (non-hydrogen) atoms. The number of aliphatic carboxylic acids is 1. The summed E-state index contributed by atoms with van der Waals surface area (Å²) in [6.07, 6.45) is 1.81. The maximum atomic E-state index is 12.7. The minimum atomic E-state index is -1.08. The zero-order chi connectivity index (χ0) is 17.6. The molecule has 2 bridgehead atoms. The lowest BCUT2D eigenvalue weighted by molar-refractivity contribution is -0.143. The Balaban J connectivity index is 1.65. The Bertz CT molecular complexity index is 819. The molecule has 2 aromatic rings. The number of carbonyl (C=O) groups is 2. The van der Waals surface area contributed by atoms with Gasteiger partial charge in [-0.2, -0.15) is 10.2 Å². The molecule has 2 aliphatic rings. The van der Waals surface area contributed by atoms with Crippen LogP contribution >= 0.6 is 0 Å². The van der Waals surface area contributed by atoms with Crippen LogP contribution in [0.2, 0.25) is 0 Å². The highest BCUT2D eigenvalue weighted by Gasteiger charge is 2.52. The Morgan fingerprint density at radius 2 is 2.12 bits per heavy atom. The van der Waals surface area contributed by atoms with Crippen molar-refractivity contribution < 1.29 is 19.5 Å². The van der Waals surface area contributed by atoms with Gasteiger partial charge in [0.05, 0.1) is 6.54 Å². The van der Waals surface area contributed by atoms with Gasteiger partial charge in [0, 0.05) is 18.3 Å². The molecular weight excluding hydrogens is 324 g/mol. The van der Waals surface area contributed by atoms with Crippen molar-refractivity contribution in [3.8, 4) is 0 Å². The molecule has 3 heterocycles. The summed E-state index contributed by atoms with van der Waals surface area (Å²) in [5.74, 6) is -1.08. The van der Waals surface area contributed by atoms with Crippen molar-refractivity contribution in [1.82, 2.24) is 19.7 Å². The molecule has 0 saturated carbocycles. The summed E-state index contributed by atoms with van der Waals surface area (Å²) in [7, 11) is 0. The van der Waals surface area contributed by atoms with E-state index < -0.39 is 18.0 Å². The molecule has 0 aliphatic carbocycles. The summed E-state index contributed by atoms with van der Waals surface area (Å²) in [5, 5.41) is 15.2. The van der Waals surface area contributed by atoms with Crippen LogP contribution in [0.1, 0.15) is 35.8 Å². The number of carbonyl (C=O) groups excluding carboxylic acids is 1. The Labute approximate surface area is 144 Å². The van der Waals surface area contributed by atoms with Crippen LogP contribution < -0.4 is 0 Å². The summed E-state index contributed by atoms with van der Waals surface area (Å²) >= 11 is 0. The van der Waals surface area contributed by atoms with Crippen LogP contribution in [0, 0.1) is 0 Å². The maximum absolute atomic E-state index is 12.7. The van der Waals surface area contributed by atoms with Crippen LogP contribution in [0.3, 0.4) is 0 Å². The normalized spacial score (nSPS) is 21.6. The van der Waals surface area contributed by atoms with Gasteiger partial charge in [-0.25, -0.2) is 9.59 Å². The number of fused-ring (bicyclic) bond motifs is 4. The molecule has 2 aliphatic heterocycles. The third-order valence-corrected chi connectivity index (χ3v) is 4.61. The van der Waals surface area contributed by atoms with Gasteiger partial charge in [0.15, 0.2) is 6.04 Å². The van der Waals surface area contributed by atoms with Crippen LogP contribution in [0.15, 0.2) is 36.5 Å². The van der Waals surface area contributed by atoms with E-state index in [9.17, 15) is 14.7 Å². The molecular formula is C17H18N4O4. The van der Waals surface area contributed by atoms with Crippen LogP contribution in [-0.2, 0) is 22.8 Å². The third-order valence-electron chi connectivity index (χ3n) is 4.61. The van der Waals surface area contributed by atoms with E-state index in [0.29, 0.717) is 12.2 Å².